The van der Waals surface area contributed by atoms with Crippen LogP contribution in [0.25, 0.3) is 16.6 Å². The van der Waals surface area contributed by atoms with Gasteiger partial charge in [-0.25, -0.2) is 4.98 Å². The van der Waals surface area contributed by atoms with E-state index in [-0.39, 0.29) is 0 Å². The van der Waals surface area contributed by atoms with E-state index in [1.165, 1.54) is 6.08 Å². The van der Waals surface area contributed by atoms with Crippen LogP contribution in [-0.4, -0.2) is 4.98 Å². The number of nitriles is 1. The number of allylic oxidation sites excluding steroid dienone is 1. The molecule has 0 fully saturated rings. The van der Waals surface area contributed by atoms with Crippen molar-refractivity contribution in [3.05, 3.63) is 47.5 Å². The number of benzene rings is 1. The molecular weight excluding hydrogens is 204 g/mol. The topological polar surface area (TPSA) is 36.7 Å². The van der Waals surface area contributed by atoms with Crippen LogP contribution in [0.15, 0.2) is 41.9 Å². The summed E-state index contributed by atoms with van der Waals surface area (Å²) in [5.41, 5.74) is 2.14. The van der Waals surface area contributed by atoms with Crippen molar-refractivity contribution in [2.45, 2.75) is 0 Å². The van der Waals surface area contributed by atoms with Crippen molar-refractivity contribution in [3.63, 3.8) is 0 Å². The summed E-state index contributed by atoms with van der Waals surface area (Å²) in [5, 5.41) is 11.4. The van der Waals surface area contributed by atoms with Crippen molar-refractivity contribution in [2.75, 3.05) is 0 Å². The molecule has 0 unspecified atom stereocenters. The molecule has 2 rings (SSSR count). The molecule has 15 heavy (non-hydrogen) atoms. The maximum absolute atomic E-state index is 8.39. The fraction of sp³-hybridized carbons (Fsp3) is 0. The molecule has 0 saturated heterocycles. The molecule has 0 amide bonds. The molecule has 2 aromatic rings. The summed E-state index contributed by atoms with van der Waals surface area (Å²) in [5.74, 6) is 0. The van der Waals surface area contributed by atoms with Crippen LogP contribution in [0.2, 0.25) is 0 Å². The summed E-state index contributed by atoms with van der Waals surface area (Å²) < 4.78 is 0. The Bertz CT molecular complexity index is 489. The Kier molecular flexibility index (Phi) is 2.91. The van der Waals surface area contributed by atoms with E-state index in [0.29, 0.717) is 0 Å². The van der Waals surface area contributed by atoms with Gasteiger partial charge in [0.1, 0.15) is 5.01 Å². The zero-order valence-corrected chi connectivity index (χ0v) is 8.74. The highest BCUT2D eigenvalue weighted by atomic mass is 32.1. The van der Waals surface area contributed by atoms with Gasteiger partial charge in [0.25, 0.3) is 0 Å². The molecule has 1 aromatic carbocycles. The Hall–Kier alpha value is -1.92. The van der Waals surface area contributed by atoms with Gasteiger partial charge >= 0.3 is 0 Å². The predicted octanol–water partition coefficient (Wildman–Crippen LogP) is 3.35. The zero-order valence-electron chi connectivity index (χ0n) is 7.92. The molecule has 0 aliphatic heterocycles. The van der Waals surface area contributed by atoms with Gasteiger partial charge in [0.05, 0.1) is 6.07 Å². The van der Waals surface area contributed by atoms with E-state index in [1.54, 1.807) is 23.6 Å². The lowest BCUT2D eigenvalue weighted by Gasteiger charge is -1.96. The van der Waals surface area contributed by atoms with Crippen LogP contribution < -0.4 is 0 Å². The average Bonchev–Trinajstić information content (AvgIpc) is 2.80. The average molecular weight is 212 g/mol. The van der Waals surface area contributed by atoms with Crippen LogP contribution in [0, 0.1) is 11.3 Å². The molecule has 0 atom stereocenters. The van der Waals surface area contributed by atoms with Gasteiger partial charge in [0.2, 0.25) is 0 Å². The highest BCUT2D eigenvalue weighted by molar-refractivity contribution is 7.13. The van der Waals surface area contributed by atoms with Crippen LogP contribution in [-0.2, 0) is 0 Å². The van der Waals surface area contributed by atoms with Crippen molar-refractivity contribution in [1.29, 1.82) is 5.26 Å². The number of rotatable bonds is 2. The summed E-state index contributed by atoms with van der Waals surface area (Å²) in [4.78, 5) is 4.23. The standard InChI is InChI=1S/C12H8N2S/c13-7-1-2-10-3-5-11(6-4-10)12-14-8-9-15-12/h1-6,8-9H. The third-order valence-electron chi connectivity index (χ3n) is 1.94. The van der Waals surface area contributed by atoms with Crippen LogP contribution in [0.4, 0.5) is 0 Å². The van der Waals surface area contributed by atoms with E-state index in [0.717, 1.165) is 16.1 Å². The lowest BCUT2D eigenvalue weighted by Crippen LogP contribution is -1.76. The summed E-state index contributed by atoms with van der Waals surface area (Å²) in [7, 11) is 0. The first-order chi connectivity index (χ1) is 7.40. The summed E-state index contributed by atoms with van der Waals surface area (Å²) >= 11 is 1.62. The van der Waals surface area contributed by atoms with Gasteiger partial charge in [-0.2, -0.15) is 5.26 Å². The first kappa shape index (κ1) is 9.63. The van der Waals surface area contributed by atoms with Gasteiger partial charge in [-0.15, -0.1) is 11.3 Å². The fourth-order valence-electron chi connectivity index (χ4n) is 1.24. The van der Waals surface area contributed by atoms with E-state index >= 15 is 0 Å². The largest absolute Gasteiger partial charge is 0.245 e. The minimum atomic E-state index is 1.02. The molecule has 1 heterocycles. The Morgan fingerprint density at radius 1 is 1.27 bits per heavy atom. The number of thiazole rings is 1. The molecular formula is C12H8N2S. The van der Waals surface area contributed by atoms with Crippen LogP contribution in [0.5, 0.6) is 0 Å². The van der Waals surface area contributed by atoms with Crippen molar-refractivity contribution in [1.82, 2.24) is 4.98 Å². The molecule has 1 aromatic heterocycles. The highest BCUT2D eigenvalue weighted by Gasteiger charge is 1.98. The van der Waals surface area contributed by atoms with E-state index < -0.39 is 0 Å². The van der Waals surface area contributed by atoms with Crippen molar-refractivity contribution in [2.24, 2.45) is 0 Å². The van der Waals surface area contributed by atoms with Crippen molar-refractivity contribution in [3.8, 4) is 16.6 Å². The Morgan fingerprint density at radius 2 is 2.07 bits per heavy atom. The minimum Gasteiger partial charge on any atom is -0.245 e. The highest BCUT2D eigenvalue weighted by Crippen LogP contribution is 2.21. The number of hydrogen-bond donors (Lipinski definition) is 0. The maximum Gasteiger partial charge on any atom is 0.123 e. The first-order valence-corrected chi connectivity index (χ1v) is 5.34. The quantitative estimate of drug-likeness (QED) is 0.716. The molecule has 0 bridgehead atoms. The van der Waals surface area contributed by atoms with E-state index in [4.69, 9.17) is 5.26 Å². The normalized spacial score (nSPS) is 10.3. The number of aromatic nitrogens is 1. The Morgan fingerprint density at radius 3 is 2.67 bits per heavy atom. The summed E-state index contributed by atoms with van der Waals surface area (Å²) in [6, 6.07) is 9.94. The number of hydrogen-bond acceptors (Lipinski definition) is 3. The third kappa shape index (κ3) is 2.30. The third-order valence-corrected chi connectivity index (χ3v) is 2.76. The SMILES string of the molecule is N#CC=Cc1ccc(-c2nccs2)cc1. The molecule has 2 nitrogen and oxygen atoms in total. The van der Waals surface area contributed by atoms with Gasteiger partial charge in [0, 0.05) is 23.2 Å². The van der Waals surface area contributed by atoms with Crippen molar-refractivity contribution < 1.29 is 0 Å². The lowest BCUT2D eigenvalue weighted by atomic mass is 10.1. The van der Waals surface area contributed by atoms with Gasteiger partial charge in [-0.1, -0.05) is 24.3 Å². The molecule has 0 saturated carbocycles. The summed E-state index contributed by atoms with van der Waals surface area (Å²) in [6.07, 6.45) is 5.05. The Balaban J connectivity index is 2.26. The van der Waals surface area contributed by atoms with Crippen LogP contribution in [0.3, 0.4) is 0 Å². The van der Waals surface area contributed by atoms with Crippen LogP contribution >= 0.6 is 11.3 Å². The zero-order chi connectivity index (χ0) is 10.5. The van der Waals surface area contributed by atoms with Gasteiger partial charge in [-0.05, 0) is 11.6 Å². The van der Waals surface area contributed by atoms with Crippen molar-refractivity contribution >= 4 is 17.4 Å². The molecule has 0 spiro atoms. The van der Waals surface area contributed by atoms with E-state index in [9.17, 15) is 0 Å². The van der Waals surface area contributed by atoms with Gasteiger partial charge < -0.3 is 0 Å². The molecule has 0 aliphatic carbocycles. The molecule has 0 radical (unpaired) electrons. The molecule has 0 aliphatic rings. The predicted molar refractivity (Wildman–Crippen MR) is 62.2 cm³/mol. The summed E-state index contributed by atoms with van der Waals surface area (Å²) in [6.45, 7) is 0. The lowest BCUT2D eigenvalue weighted by molar-refractivity contribution is 1.41. The second-order valence-corrected chi connectivity index (χ2v) is 3.82. The van der Waals surface area contributed by atoms with E-state index in [1.807, 2.05) is 35.7 Å². The second-order valence-electron chi connectivity index (χ2n) is 2.92. The fourth-order valence-corrected chi connectivity index (χ4v) is 1.88. The van der Waals surface area contributed by atoms with Crippen LogP contribution in [0.1, 0.15) is 5.56 Å². The second kappa shape index (κ2) is 4.54. The van der Waals surface area contributed by atoms with Gasteiger partial charge in [0.15, 0.2) is 0 Å². The van der Waals surface area contributed by atoms with Gasteiger partial charge in [-0.3, -0.25) is 0 Å². The molecule has 3 heteroatoms. The minimum absolute atomic E-state index is 1.02. The molecule has 72 valence electrons. The number of nitrogens with zero attached hydrogens (tertiary/aromatic N) is 2. The first-order valence-electron chi connectivity index (χ1n) is 4.46. The monoisotopic (exact) mass is 212 g/mol. The smallest absolute Gasteiger partial charge is 0.123 e. The maximum atomic E-state index is 8.39. The van der Waals surface area contributed by atoms with E-state index in [2.05, 4.69) is 4.98 Å². The molecule has 0 N–H and O–H groups in total. The Labute approximate surface area is 92.1 Å².